The fourth-order valence-corrected chi connectivity index (χ4v) is 4.03. The van der Waals surface area contributed by atoms with Crippen molar-refractivity contribution < 1.29 is 18.7 Å². The van der Waals surface area contributed by atoms with Gasteiger partial charge in [-0.15, -0.1) is 6.42 Å². The van der Waals surface area contributed by atoms with Crippen molar-refractivity contribution in [2.75, 3.05) is 18.4 Å². The molecule has 1 fully saturated rings. The second kappa shape index (κ2) is 8.36. The Labute approximate surface area is 192 Å². The number of ether oxygens (including phenoxy) is 1. The first kappa shape index (κ1) is 22.5. The Bertz CT molecular complexity index is 1170. The third-order valence-corrected chi connectivity index (χ3v) is 5.78. The molecule has 1 unspecified atom stereocenters. The number of nitrogens with one attached hydrogen (secondary N) is 1. The number of aliphatic imine (C=N–C) groups is 1. The number of fused-ring (bicyclic) bond motifs is 1. The fourth-order valence-electron chi connectivity index (χ4n) is 4.03. The van der Waals surface area contributed by atoms with E-state index in [2.05, 4.69) is 16.2 Å². The van der Waals surface area contributed by atoms with Gasteiger partial charge in [0.15, 0.2) is 0 Å². The van der Waals surface area contributed by atoms with Gasteiger partial charge in [-0.05, 0) is 69.2 Å². The van der Waals surface area contributed by atoms with Crippen molar-refractivity contribution in [1.82, 2.24) is 4.90 Å². The third kappa shape index (κ3) is 4.61. The number of nitrogens with zero attached hydrogens (tertiary/aromatic N) is 2. The summed E-state index contributed by atoms with van der Waals surface area (Å²) in [6.07, 6.45) is 5.64. The zero-order valence-electron chi connectivity index (χ0n) is 18.9. The minimum atomic E-state index is -1.14. The summed E-state index contributed by atoms with van der Waals surface area (Å²) in [6, 6.07) is 11.7. The van der Waals surface area contributed by atoms with Crippen molar-refractivity contribution in [3.05, 3.63) is 65.0 Å². The van der Waals surface area contributed by atoms with Gasteiger partial charge in [0.05, 0.1) is 12.3 Å². The van der Waals surface area contributed by atoms with Crippen molar-refractivity contribution in [2.24, 2.45) is 10.4 Å². The lowest BCUT2D eigenvalue weighted by atomic mass is 9.87. The number of carbonyl (C=O) groups is 2. The standard InChI is InChI=1S/C26H26FN3O3/c1-5-26(12-13-30(16-26)24(32)33-25(2,3)4)23(31)29-20-11-8-18-15-28-22(21(18)14-20)17-6-9-19(27)10-7-17/h1,6-11,14H,12-13,15-16H2,2-4H3,(H,29,31). The summed E-state index contributed by atoms with van der Waals surface area (Å²) in [7, 11) is 0. The number of terminal acetylenes is 1. The molecule has 2 heterocycles. The molecule has 2 aliphatic rings. The molecule has 0 aromatic heterocycles. The SMILES string of the molecule is C#CC1(C(=O)Nc2ccc3c(c2)C(c2ccc(F)cc2)=NC3)CCN(C(=O)OC(C)(C)C)C1. The maximum absolute atomic E-state index is 13.3. The van der Waals surface area contributed by atoms with E-state index in [9.17, 15) is 14.0 Å². The third-order valence-electron chi connectivity index (χ3n) is 5.78. The molecule has 2 aromatic carbocycles. The van der Waals surface area contributed by atoms with Crippen LogP contribution in [0.1, 0.15) is 43.9 Å². The van der Waals surface area contributed by atoms with Gasteiger partial charge in [-0.25, -0.2) is 9.18 Å². The molecule has 0 saturated carbocycles. The summed E-state index contributed by atoms with van der Waals surface area (Å²) in [5, 5.41) is 2.92. The molecule has 6 nitrogen and oxygen atoms in total. The molecule has 1 atom stereocenters. The zero-order chi connectivity index (χ0) is 23.8. The highest BCUT2D eigenvalue weighted by molar-refractivity contribution is 6.15. The molecule has 0 spiro atoms. The van der Waals surface area contributed by atoms with Crippen molar-refractivity contribution in [3.8, 4) is 12.3 Å². The van der Waals surface area contributed by atoms with Crippen LogP contribution < -0.4 is 5.32 Å². The van der Waals surface area contributed by atoms with E-state index in [-0.39, 0.29) is 18.3 Å². The second-order valence-corrected chi connectivity index (χ2v) is 9.38. The Kier molecular flexibility index (Phi) is 5.71. The van der Waals surface area contributed by atoms with Crippen LogP contribution in [0.4, 0.5) is 14.9 Å². The Hall–Kier alpha value is -3.66. The van der Waals surface area contributed by atoms with Crippen LogP contribution in [0.5, 0.6) is 0 Å². The first-order chi connectivity index (χ1) is 15.6. The van der Waals surface area contributed by atoms with Gasteiger partial charge in [0.25, 0.3) is 0 Å². The number of carbonyl (C=O) groups excluding carboxylic acids is 2. The van der Waals surface area contributed by atoms with Gasteiger partial charge in [-0.1, -0.05) is 12.0 Å². The summed E-state index contributed by atoms with van der Waals surface area (Å²) >= 11 is 0. The van der Waals surface area contributed by atoms with Crippen LogP contribution in [0.3, 0.4) is 0 Å². The predicted molar refractivity (Wildman–Crippen MR) is 125 cm³/mol. The molecular formula is C26H26FN3O3. The van der Waals surface area contributed by atoms with Gasteiger partial charge >= 0.3 is 6.09 Å². The van der Waals surface area contributed by atoms with E-state index >= 15 is 0 Å². The molecule has 1 saturated heterocycles. The summed E-state index contributed by atoms with van der Waals surface area (Å²) < 4.78 is 18.7. The Morgan fingerprint density at radius 1 is 1.21 bits per heavy atom. The number of benzene rings is 2. The summed E-state index contributed by atoms with van der Waals surface area (Å²) in [5.41, 5.74) is 2.29. The smallest absolute Gasteiger partial charge is 0.410 e. The molecule has 2 aliphatic heterocycles. The highest BCUT2D eigenvalue weighted by Gasteiger charge is 2.46. The summed E-state index contributed by atoms with van der Waals surface area (Å²) in [5.74, 6) is 1.97. The van der Waals surface area contributed by atoms with Crippen LogP contribution in [0.25, 0.3) is 0 Å². The quantitative estimate of drug-likeness (QED) is 0.710. The number of rotatable bonds is 3. The van der Waals surface area contributed by atoms with Gasteiger partial charge < -0.3 is 15.0 Å². The molecule has 2 amide bonds. The highest BCUT2D eigenvalue weighted by Crippen LogP contribution is 2.33. The van der Waals surface area contributed by atoms with E-state index < -0.39 is 17.1 Å². The molecule has 7 heteroatoms. The lowest BCUT2D eigenvalue weighted by Gasteiger charge is -2.26. The minimum absolute atomic E-state index is 0.0947. The molecule has 0 bridgehead atoms. The summed E-state index contributed by atoms with van der Waals surface area (Å²) in [4.78, 5) is 31.7. The Balaban J connectivity index is 1.50. The van der Waals surface area contributed by atoms with Gasteiger partial charge in [-0.3, -0.25) is 9.79 Å². The van der Waals surface area contributed by atoms with Crippen molar-refractivity contribution in [1.29, 1.82) is 0 Å². The normalized spacial score (nSPS) is 19.5. The molecule has 4 rings (SSSR count). The monoisotopic (exact) mass is 447 g/mol. The van der Waals surface area contributed by atoms with E-state index in [0.29, 0.717) is 25.2 Å². The number of hydrogen-bond donors (Lipinski definition) is 1. The summed E-state index contributed by atoms with van der Waals surface area (Å²) in [6.45, 7) is 6.34. The topological polar surface area (TPSA) is 71.0 Å². The van der Waals surface area contributed by atoms with Crippen molar-refractivity contribution in [2.45, 2.75) is 39.3 Å². The van der Waals surface area contributed by atoms with Crippen molar-refractivity contribution >= 4 is 23.4 Å². The molecule has 0 aliphatic carbocycles. The number of amides is 2. The molecule has 170 valence electrons. The van der Waals surface area contributed by atoms with Crippen LogP contribution in [0.15, 0.2) is 47.5 Å². The molecular weight excluding hydrogens is 421 g/mol. The van der Waals surface area contributed by atoms with E-state index in [0.717, 1.165) is 22.4 Å². The number of halogens is 1. The minimum Gasteiger partial charge on any atom is -0.444 e. The average Bonchev–Trinajstić information content (AvgIpc) is 3.38. The fraction of sp³-hybridized carbons (Fsp3) is 0.346. The van der Waals surface area contributed by atoms with E-state index in [1.807, 2.05) is 18.2 Å². The first-order valence-corrected chi connectivity index (χ1v) is 10.8. The highest BCUT2D eigenvalue weighted by atomic mass is 19.1. The zero-order valence-corrected chi connectivity index (χ0v) is 18.9. The molecule has 0 radical (unpaired) electrons. The van der Waals surface area contributed by atoms with E-state index in [4.69, 9.17) is 11.2 Å². The van der Waals surface area contributed by atoms with E-state index in [1.165, 1.54) is 17.0 Å². The first-order valence-electron chi connectivity index (χ1n) is 10.8. The van der Waals surface area contributed by atoms with Crippen LogP contribution in [0.2, 0.25) is 0 Å². The number of hydrogen-bond acceptors (Lipinski definition) is 4. The molecule has 2 aromatic rings. The van der Waals surface area contributed by atoms with Gasteiger partial charge in [0.1, 0.15) is 16.8 Å². The van der Waals surface area contributed by atoms with Gasteiger partial charge in [0, 0.05) is 29.9 Å². The van der Waals surface area contributed by atoms with Gasteiger partial charge in [-0.2, -0.15) is 0 Å². The maximum Gasteiger partial charge on any atom is 0.410 e. The number of anilines is 1. The van der Waals surface area contributed by atoms with Crippen LogP contribution >= 0.6 is 0 Å². The lowest BCUT2D eigenvalue weighted by molar-refractivity contribution is -0.122. The molecule has 1 N–H and O–H groups in total. The average molecular weight is 448 g/mol. The van der Waals surface area contributed by atoms with E-state index in [1.54, 1.807) is 32.9 Å². The predicted octanol–water partition coefficient (Wildman–Crippen LogP) is 4.38. The lowest BCUT2D eigenvalue weighted by Crippen LogP contribution is -2.41. The van der Waals surface area contributed by atoms with Gasteiger partial charge in [0.2, 0.25) is 5.91 Å². The largest absolute Gasteiger partial charge is 0.444 e. The number of likely N-dealkylation sites (tertiary alicyclic amines) is 1. The Morgan fingerprint density at radius 3 is 2.61 bits per heavy atom. The van der Waals surface area contributed by atoms with Crippen LogP contribution in [-0.2, 0) is 16.1 Å². The second-order valence-electron chi connectivity index (χ2n) is 9.38. The Morgan fingerprint density at radius 2 is 1.94 bits per heavy atom. The van der Waals surface area contributed by atoms with Crippen molar-refractivity contribution in [3.63, 3.8) is 0 Å². The maximum atomic E-state index is 13.3. The molecule has 33 heavy (non-hydrogen) atoms. The van der Waals surface area contributed by atoms with Crippen LogP contribution in [0, 0.1) is 23.6 Å². The van der Waals surface area contributed by atoms with Crippen LogP contribution in [-0.4, -0.2) is 41.3 Å².